The highest BCUT2D eigenvalue weighted by Gasteiger charge is 2.16. The molecule has 4 nitrogen and oxygen atoms in total. The molecule has 4 heteroatoms. The Bertz CT molecular complexity index is 2580. The molecular formula is C46H31N3O. The molecule has 2 aromatic heterocycles. The summed E-state index contributed by atoms with van der Waals surface area (Å²) in [5.74, 6) is 2.01. The maximum Gasteiger partial charge on any atom is 0.163 e. The standard InChI is InChI=1S/C46H31N3O/c1-4-11-31(12-5-1)33-19-21-35(22-20-33)38-27-28-41-40(29-38)44-39(17-10-18-42(44)50-41)30-43-47-45(36-15-8-3-9-16-36)49-46(48-43)37-25-23-34(24-26-37)32-13-6-2-7-14-32/h1-29H,30H2. The molecule has 9 rings (SSSR count). The summed E-state index contributed by atoms with van der Waals surface area (Å²) in [6.45, 7) is 0. The van der Waals surface area contributed by atoms with Gasteiger partial charge in [-0.25, -0.2) is 15.0 Å². The van der Waals surface area contributed by atoms with Crippen LogP contribution in [0.1, 0.15) is 11.4 Å². The van der Waals surface area contributed by atoms with Crippen LogP contribution in [-0.4, -0.2) is 15.0 Å². The van der Waals surface area contributed by atoms with Crippen LogP contribution in [0.2, 0.25) is 0 Å². The molecule has 0 aliphatic carbocycles. The van der Waals surface area contributed by atoms with Gasteiger partial charge in [-0.15, -0.1) is 0 Å². The van der Waals surface area contributed by atoms with Crippen LogP contribution in [0, 0.1) is 0 Å². The number of fused-ring (bicyclic) bond motifs is 3. The lowest BCUT2D eigenvalue weighted by atomic mass is 9.98. The fourth-order valence-electron chi connectivity index (χ4n) is 6.67. The summed E-state index contributed by atoms with van der Waals surface area (Å²) in [6, 6.07) is 60.8. The molecule has 0 spiro atoms. The quantitative estimate of drug-likeness (QED) is 0.174. The van der Waals surface area contributed by atoms with Gasteiger partial charge in [0, 0.05) is 28.3 Å². The minimum absolute atomic E-state index is 0.527. The van der Waals surface area contributed by atoms with E-state index in [-0.39, 0.29) is 0 Å². The van der Waals surface area contributed by atoms with Gasteiger partial charge in [0.05, 0.1) is 0 Å². The van der Waals surface area contributed by atoms with Gasteiger partial charge in [-0.1, -0.05) is 158 Å². The maximum absolute atomic E-state index is 6.38. The molecule has 0 aliphatic heterocycles. The van der Waals surface area contributed by atoms with Crippen LogP contribution in [0.15, 0.2) is 180 Å². The SMILES string of the molecule is c1ccc(-c2ccc(-c3ccc4oc5cccc(Cc6nc(-c7ccccc7)nc(-c7ccc(-c8ccccc8)cc7)n6)c5c4c3)cc2)cc1. The van der Waals surface area contributed by atoms with Crippen molar-refractivity contribution in [1.29, 1.82) is 0 Å². The van der Waals surface area contributed by atoms with Crippen LogP contribution >= 0.6 is 0 Å². The third kappa shape index (κ3) is 5.73. The lowest BCUT2D eigenvalue weighted by Crippen LogP contribution is -2.04. The first-order valence-corrected chi connectivity index (χ1v) is 16.8. The first-order chi connectivity index (χ1) is 24.7. The smallest absolute Gasteiger partial charge is 0.163 e. The Hall–Kier alpha value is -6.65. The Labute approximate surface area is 290 Å². The molecule has 236 valence electrons. The molecule has 2 heterocycles. The van der Waals surface area contributed by atoms with Gasteiger partial charge in [0.2, 0.25) is 0 Å². The summed E-state index contributed by atoms with van der Waals surface area (Å²) in [4.78, 5) is 15.0. The zero-order valence-corrected chi connectivity index (χ0v) is 27.2. The summed E-state index contributed by atoms with van der Waals surface area (Å²) in [7, 11) is 0. The van der Waals surface area contributed by atoms with E-state index in [0.717, 1.165) is 55.3 Å². The fourth-order valence-corrected chi connectivity index (χ4v) is 6.67. The summed E-state index contributed by atoms with van der Waals surface area (Å²) < 4.78 is 6.38. The van der Waals surface area contributed by atoms with E-state index in [0.29, 0.717) is 23.9 Å². The van der Waals surface area contributed by atoms with Gasteiger partial charge in [-0.05, 0) is 57.1 Å². The first-order valence-electron chi connectivity index (χ1n) is 16.8. The van der Waals surface area contributed by atoms with E-state index in [4.69, 9.17) is 19.4 Å². The van der Waals surface area contributed by atoms with Crippen LogP contribution in [0.5, 0.6) is 0 Å². The highest BCUT2D eigenvalue weighted by molar-refractivity contribution is 6.08. The second-order valence-electron chi connectivity index (χ2n) is 12.4. The molecule has 0 amide bonds. The Balaban J connectivity index is 1.10. The van der Waals surface area contributed by atoms with Crippen molar-refractivity contribution < 1.29 is 4.42 Å². The van der Waals surface area contributed by atoms with E-state index in [1.54, 1.807) is 0 Å². The predicted molar refractivity (Wildman–Crippen MR) is 204 cm³/mol. The van der Waals surface area contributed by atoms with Gasteiger partial charge in [0.1, 0.15) is 17.0 Å². The van der Waals surface area contributed by atoms with Gasteiger partial charge in [0.25, 0.3) is 0 Å². The second-order valence-corrected chi connectivity index (χ2v) is 12.4. The highest BCUT2D eigenvalue weighted by Crippen LogP contribution is 2.36. The van der Waals surface area contributed by atoms with Crippen LogP contribution in [0.25, 0.3) is 78.1 Å². The molecule has 7 aromatic carbocycles. The predicted octanol–water partition coefficient (Wildman–Crippen LogP) is 11.7. The largest absolute Gasteiger partial charge is 0.456 e. The average molecular weight is 642 g/mol. The van der Waals surface area contributed by atoms with Gasteiger partial charge in [0.15, 0.2) is 11.6 Å². The topological polar surface area (TPSA) is 51.8 Å². The number of benzene rings is 7. The number of hydrogen-bond acceptors (Lipinski definition) is 4. The molecule has 0 fully saturated rings. The van der Waals surface area contributed by atoms with Crippen LogP contribution < -0.4 is 0 Å². The third-order valence-corrected chi connectivity index (χ3v) is 9.22. The van der Waals surface area contributed by atoms with Crippen molar-refractivity contribution in [3.05, 3.63) is 187 Å². The highest BCUT2D eigenvalue weighted by atomic mass is 16.3. The van der Waals surface area contributed by atoms with E-state index >= 15 is 0 Å². The molecule has 0 bridgehead atoms. The van der Waals surface area contributed by atoms with Crippen molar-refractivity contribution in [3.8, 4) is 56.2 Å². The van der Waals surface area contributed by atoms with Crippen LogP contribution in [0.3, 0.4) is 0 Å². The van der Waals surface area contributed by atoms with Gasteiger partial charge < -0.3 is 4.42 Å². The summed E-state index contributed by atoms with van der Waals surface area (Å²) >= 11 is 0. The summed E-state index contributed by atoms with van der Waals surface area (Å²) in [5.41, 5.74) is 11.7. The number of aromatic nitrogens is 3. The van der Waals surface area contributed by atoms with Crippen molar-refractivity contribution >= 4 is 21.9 Å². The zero-order valence-electron chi connectivity index (χ0n) is 27.2. The van der Waals surface area contributed by atoms with Gasteiger partial charge in [-0.3, -0.25) is 0 Å². The second kappa shape index (κ2) is 12.8. The molecule has 9 aromatic rings. The third-order valence-electron chi connectivity index (χ3n) is 9.22. The number of furan rings is 1. The number of rotatable bonds is 7. The maximum atomic E-state index is 6.38. The first kappa shape index (κ1) is 29.5. The Morgan fingerprint density at radius 3 is 1.40 bits per heavy atom. The average Bonchev–Trinajstić information content (AvgIpc) is 3.58. The minimum Gasteiger partial charge on any atom is -0.456 e. The number of nitrogens with zero attached hydrogens (tertiary/aromatic N) is 3. The fraction of sp³-hybridized carbons (Fsp3) is 0.0217. The minimum atomic E-state index is 0.527. The zero-order chi connectivity index (χ0) is 33.3. The Kier molecular flexibility index (Phi) is 7.52. The van der Waals surface area contributed by atoms with E-state index in [1.807, 2.05) is 54.6 Å². The molecule has 0 aliphatic rings. The molecule has 0 saturated carbocycles. The van der Waals surface area contributed by atoms with Crippen LogP contribution in [-0.2, 0) is 6.42 Å². The van der Waals surface area contributed by atoms with E-state index in [1.165, 1.54) is 16.7 Å². The molecule has 0 unspecified atom stereocenters. The molecule has 0 radical (unpaired) electrons. The van der Waals surface area contributed by atoms with Crippen molar-refractivity contribution in [3.63, 3.8) is 0 Å². The van der Waals surface area contributed by atoms with Crippen LogP contribution in [0.4, 0.5) is 0 Å². The molecule has 0 atom stereocenters. The molecule has 50 heavy (non-hydrogen) atoms. The van der Waals surface area contributed by atoms with E-state index < -0.39 is 0 Å². The molecule has 0 N–H and O–H groups in total. The van der Waals surface area contributed by atoms with Crippen molar-refractivity contribution in [2.45, 2.75) is 6.42 Å². The monoisotopic (exact) mass is 641 g/mol. The van der Waals surface area contributed by atoms with Crippen molar-refractivity contribution in [1.82, 2.24) is 15.0 Å². The van der Waals surface area contributed by atoms with Crippen molar-refractivity contribution in [2.24, 2.45) is 0 Å². The van der Waals surface area contributed by atoms with Gasteiger partial charge >= 0.3 is 0 Å². The summed E-state index contributed by atoms with van der Waals surface area (Å²) in [6.07, 6.45) is 0.527. The lowest BCUT2D eigenvalue weighted by molar-refractivity contribution is 0.668. The lowest BCUT2D eigenvalue weighted by Gasteiger charge is -2.10. The van der Waals surface area contributed by atoms with Crippen molar-refractivity contribution in [2.75, 3.05) is 0 Å². The van der Waals surface area contributed by atoms with Gasteiger partial charge in [-0.2, -0.15) is 0 Å². The van der Waals surface area contributed by atoms with E-state index in [9.17, 15) is 0 Å². The number of hydrogen-bond donors (Lipinski definition) is 0. The normalized spacial score (nSPS) is 11.3. The van der Waals surface area contributed by atoms with E-state index in [2.05, 4.69) is 121 Å². The molecular weight excluding hydrogens is 611 g/mol. The Morgan fingerprint density at radius 2 is 0.820 bits per heavy atom. The Morgan fingerprint density at radius 1 is 0.360 bits per heavy atom. The molecule has 0 saturated heterocycles. The summed E-state index contributed by atoms with van der Waals surface area (Å²) in [5, 5.41) is 2.16.